The summed E-state index contributed by atoms with van der Waals surface area (Å²) in [6.07, 6.45) is 2.09. The number of rotatable bonds is 4. The first-order chi connectivity index (χ1) is 9.69. The summed E-state index contributed by atoms with van der Waals surface area (Å²) >= 11 is 9.79. The Balaban J connectivity index is 1.80. The highest BCUT2D eigenvalue weighted by Gasteiger charge is 2.29. The number of benzene rings is 2. The van der Waals surface area contributed by atoms with Crippen molar-refractivity contribution in [3.8, 4) is 0 Å². The van der Waals surface area contributed by atoms with Gasteiger partial charge in [0.25, 0.3) is 0 Å². The molecule has 0 spiro atoms. The summed E-state index contributed by atoms with van der Waals surface area (Å²) < 4.78 is 1.02. The maximum atomic E-state index is 6.30. The van der Waals surface area contributed by atoms with Crippen molar-refractivity contribution in [1.82, 2.24) is 5.43 Å². The monoisotopic (exact) mass is 350 g/mol. The Labute approximate surface area is 132 Å². The number of fused-ring (bicyclic) bond motifs is 1. The summed E-state index contributed by atoms with van der Waals surface area (Å²) in [7, 11) is 0. The molecule has 20 heavy (non-hydrogen) atoms. The Bertz CT molecular complexity index is 630. The van der Waals surface area contributed by atoms with Gasteiger partial charge in [-0.15, -0.1) is 0 Å². The lowest BCUT2D eigenvalue weighted by molar-refractivity contribution is 0.435. The Morgan fingerprint density at radius 2 is 2.10 bits per heavy atom. The van der Waals surface area contributed by atoms with Crippen LogP contribution in [0.3, 0.4) is 0 Å². The van der Waals surface area contributed by atoms with E-state index in [-0.39, 0.29) is 6.04 Å². The molecule has 0 heterocycles. The van der Waals surface area contributed by atoms with E-state index < -0.39 is 0 Å². The van der Waals surface area contributed by atoms with Crippen molar-refractivity contribution in [2.75, 3.05) is 0 Å². The van der Waals surface area contributed by atoms with E-state index in [0.717, 1.165) is 27.9 Å². The number of hydrogen-bond donors (Lipinski definition) is 2. The standard InChI is InChI=1S/C16H16BrClN2/c17-12-5-6-15(18)14(9-12)16(20-19)8-11-7-10-3-1-2-4-13(10)11/h1-6,9,11,16,20H,7-8,19H2. The largest absolute Gasteiger partial charge is 0.271 e. The summed E-state index contributed by atoms with van der Waals surface area (Å²) in [6, 6.07) is 14.6. The Hall–Kier alpha value is -0.870. The lowest BCUT2D eigenvalue weighted by atomic mass is 9.74. The Morgan fingerprint density at radius 1 is 1.30 bits per heavy atom. The van der Waals surface area contributed by atoms with Gasteiger partial charge in [-0.2, -0.15) is 0 Å². The number of nitrogens with one attached hydrogen (secondary N) is 1. The average molecular weight is 352 g/mol. The zero-order valence-corrected chi connectivity index (χ0v) is 13.3. The first-order valence-corrected chi connectivity index (χ1v) is 7.85. The zero-order valence-electron chi connectivity index (χ0n) is 10.9. The van der Waals surface area contributed by atoms with Gasteiger partial charge in [0.05, 0.1) is 0 Å². The van der Waals surface area contributed by atoms with E-state index in [9.17, 15) is 0 Å². The average Bonchev–Trinajstić information content (AvgIpc) is 2.43. The van der Waals surface area contributed by atoms with Crippen LogP contribution in [0, 0.1) is 0 Å². The molecule has 0 aliphatic heterocycles. The van der Waals surface area contributed by atoms with Crippen molar-refractivity contribution in [1.29, 1.82) is 0 Å². The highest BCUT2D eigenvalue weighted by atomic mass is 79.9. The molecule has 3 N–H and O–H groups in total. The van der Waals surface area contributed by atoms with E-state index in [0.29, 0.717) is 5.92 Å². The molecule has 2 aromatic carbocycles. The Morgan fingerprint density at radius 3 is 2.85 bits per heavy atom. The van der Waals surface area contributed by atoms with Gasteiger partial charge in [0.2, 0.25) is 0 Å². The third-order valence-corrected chi connectivity index (χ3v) is 4.85. The van der Waals surface area contributed by atoms with Crippen LogP contribution in [-0.4, -0.2) is 0 Å². The predicted molar refractivity (Wildman–Crippen MR) is 86.7 cm³/mol. The maximum absolute atomic E-state index is 6.30. The van der Waals surface area contributed by atoms with Gasteiger partial charge in [-0.1, -0.05) is 51.8 Å². The van der Waals surface area contributed by atoms with Gasteiger partial charge >= 0.3 is 0 Å². The lowest BCUT2D eigenvalue weighted by Crippen LogP contribution is -2.31. The molecule has 0 fully saturated rings. The third-order valence-electron chi connectivity index (χ3n) is 4.02. The molecule has 4 heteroatoms. The number of nitrogens with two attached hydrogens (primary N) is 1. The molecule has 1 aliphatic rings. The molecule has 3 rings (SSSR count). The summed E-state index contributed by atoms with van der Waals surface area (Å²) in [5, 5.41) is 0.753. The van der Waals surface area contributed by atoms with Crippen molar-refractivity contribution < 1.29 is 0 Å². The van der Waals surface area contributed by atoms with Gasteiger partial charge < -0.3 is 0 Å². The van der Waals surface area contributed by atoms with Crippen molar-refractivity contribution in [3.05, 3.63) is 68.7 Å². The Kier molecular flexibility index (Phi) is 4.13. The lowest BCUT2D eigenvalue weighted by Gasteiger charge is -2.33. The third kappa shape index (κ3) is 2.63. The second-order valence-electron chi connectivity index (χ2n) is 5.22. The topological polar surface area (TPSA) is 38.0 Å². The molecular weight excluding hydrogens is 336 g/mol. The van der Waals surface area contributed by atoms with Crippen molar-refractivity contribution in [2.45, 2.75) is 24.8 Å². The smallest absolute Gasteiger partial charge is 0.0481 e. The van der Waals surface area contributed by atoms with E-state index in [1.807, 2.05) is 18.2 Å². The van der Waals surface area contributed by atoms with Crippen LogP contribution in [-0.2, 0) is 6.42 Å². The molecule has 1 aliphatic carbocycles. The molecule has 0 saturated carbocycles. The second kappa shape index (κ2) is 5.86. The van der Waals surface area contributed by atoms with Crippen molar-refractivity contribution in [3.63, 3.8) is 0 Å². The fraction of sp³-hybridized carbons (Fsp3) is 0.250. The van der Waals surface area contributed by atoms with Crippen LogP contribution in [0.4, 0.5) is 0 Å². The first kappa shape index (κ1) is 14.1. The van der Waals surface area contributed by atoms with Crippen LogP contribution >= 0.6 is 27.5 Å². The van der Waals surface area contributed by atoms with E-state index >= 15 is 0 Å². The molecule has 2 aromatic rings. The van der Waals surface area contributed by atoms with Gasteiger partial charge in [-0.25, -0.2) is 0 Å². The summed E-state index contributed by atoms with van der Waals surface area (Å²) in [5.74, 6) is 6.30. The van der Waals surface area contributed by atoms with Crippen molar-refractivity contribution in [2.24, 2.45) is 5.84 Å². The minimum atomic E-state index is 0.0679. The fourth-order valence-electron chi connectivity index (χ4n) is 2.92. The SMILES string of the molecule is NNC(CC1Cc2ccccc21)c1cc(Br)ccc1Cl. The number of hydrogen-bond acceptors (Lipinski definition) is 2. The van der Waals surface area contributed by atoms with Gasteiger partial charge in [0.15, 0.2) is 0 Å². The first-order valence-electron chi connectivity index (χ1n) is 6.68. The van der Waals surface area contributed by atoms with Crippen LogP contribution in [0.1, 0.15) is 35.1 Å². The number of hydrazine groups is 1. The summed E-state index contributed by atoms with van der Waals surface area (Å²) in [6.45, 7) is 0. The van der Waals surface area contributed by atoms with Crippen LogP contribution in [0.15, 0.2) is 46.9 Å². The van der Waals surface area contributed by atoms with E-state index in [1.165, 1.54) is 11.1 Å². The van der Waals surface area contributed by atoms with Gasteiger partial charge in [-0.3, -0.25) is 11.3 Å². The molecule has 2 nitrogen and oxygen atoms in total. The number of halogens is 2. The van der Waals surface area contributed by atoms with Crippen LogP contribution in [0.25, 0.3) is 0 Å². The highest BCUT2D eigenvalue weighted by molar-refractivity contribution is 9.10. The quantitative estimate of drug-likeness (QED) is 0.635. The van der Waals surface area contributed by atoms with Gasteiger partial charge in [-0.05, 0) is 53.6 Å². The molecule has 0 bridgehead atoms. The minimum Gasteiger partial charge on any atom is -0.271 e. The maximum Gasteiger partial charge on any atom is 0.0481 e. The van der Waals surface area contributed by atoms with Gasteiger partial charge in [0, 0.05) is 15.5 Å². The molecule has 2 unspecified atom stereocenters. The molecule has 104 valence electrons. The van der Waals surface area contributed by atoms with Gasteiger partial charge in [0.1, 0.15) is 0 Å². The van der Waals surface area contributed by atoms with E-state index in [2.05, 4.69) is 45.6 Å². The minimum absolute atomic E-state index is 0.0679. The molecule has 2 atom stereocenters. The highest BCUT2D eigenvalue weighted by Crippen LogP contribution is 2.41. The zero-order chi connectivity index (χ0) is 14.1. The van der Waals surface area contributed by atoms with Crippen molar-refractivity contribution >= 4 is 27.5 Å². The molecule has 0 amide bonds. The van der Waals surface area contributed by atoms with E-state index in [1.54, 1.807) is 0 Å². The molecule has 0 saturated heterocycles. The summed E-state index contributed by atoms with van der Waals surface area (Å²) in [5.41, 5.74) is 6.86. The molecular formula is C16H16BrClN2. The van der Waals surface area contributed by atoms with Crippen LogP contribution in [0.5, 0.6) is 0 Å². The van der Waals surface area contributed by atoms with E-state index in [4.69, 9.17) is 17.4 Å². The van der Waals surface area contributed by atoms with Crippen LogP contribution in [0.2, 0.25) is 5.02 Å². The predicted octanol–water partition coefficient (Wildman–Crippen LogP) is 4.34. The normalized spacial score (nSPS) is 18.2. The fourth-order valence-corrected chi connectivity index (χ4v) is 3.55. The van der Waals surface area contributed by atoms with Crippen LogP contribution < -0.4 is 11.3 Å². The molecule has 0 radical (unpaired) electrons. The molecule has 0 aromatic heterocycles. The second-order valence-corrected chi connectivity index (χ2v) is 6.54. The summed E-state index contributed by atoms with van der Waals surface area (Å²) in [4.78, 5) is 0.